The van der Waals surface area contributed by atoms with Crippen molar-refractivity contribution in [2.24, 2.45) is 0 Å². The van der Waals surface area contributed by atoms with E-state index in [4.69, 9.17) is 19.6 Å². The standard InChI is InChI=1S/C31H28F4N6O3.C6H6FO4P/c1-4-17-7-6-8-18(5-2)25(17)41-26(21-13-23(32)28(44-3)27-20(21)9-12-40(27)30(42)43)22-16-39(11-10-24(22)38-41)29-36-14-19(15-37-29)31(33,34)35;7-5-3-1-2-4-6(5)11-12(8,9)10/h6-9,12-15H,4-5,10-11,16H2,1-3H3,(H,42,43);1-4H,(H2,8,9,10). The van der Waals surface area contributed by atoms with E-state index in [1.54, 1.807) is 15.6 Å². The van der Waals surface area contributed by atoms with E-state index < -0.39 is 43.0 Å². The fraction of sp³-hybridized carbons (Fsp3) is 0.243. The number of hydrogen-bond acceptors (Lipinski definition) is 8. The monoisotopic (exact) mass is 800 g/mol. The zero-order valence-electron chi connectivity index (χ0n) is 30.0. The molecule has 0 amide bonds. The number of hydrogen-bond donors (Lipinski definition) is 3. The summed E-state index contributed by atoms with van der Waals surface area (Å²) < 4.78 is 90.2. The maximum absolute atomic E-state index is 15.7. The molecule has 0 radical (unpaired) electrons. The number of aryl methyl sites for hydroxylation is 2. The molecule has 3 aromatic carbocycles. The first-order chi connectivity index (χ1) is 26.6. The van der Waals surface area contributed by atoms with Crippen molar-refractivity contribution in [1.82, 2.24) is 24.3 Å². The summed E-state index contributed by atoms with van der Waals surface area (Å²) in [6.07, 6.45) is -1.21. The summed E-state index contributed by atoms with van der Waals surface area (Å²) in [5.41, 5.74) is 4.37. The Morgan fingerprint density at radius 3 is 2.20 bits per heavy atom. The minimum Gasteiger partial charge on any atom is -0.492 e. The summed E-state index contributed by atoms with van der Waals surface area (Å²) in [4.78, 5) is 38.5. The average Bonchev–Trinajstić information content (AvgIpc) is 3.77. The van der Waals surface area contributed by atoms with Gasteiger partial charge in [-0.1, -0.05) is 44.2 Å². The summed E-state index contributed by atoms with van der Waals surface area (Å²) in [5, 5.41) is 15.3. The lowest BCUT2D eigenvalue weighted by Crippen LogP contribution is -2.31. The molecule has 19 heteroatoms. The Balaban J connectivity index is 0.000000380. The highest BCUT2D eigenvalue weighted by Crippen LogP contribution is 2.43. The van der Waals surface area contributed by atoms with Crippen molar-refractivity contribution in [1.29, 1.82) is 0 Å². The van der Waals surface area contributed by atoms with Crippen LogP contribution in [0.5, 0.6) is 11.5 Å². The average molecular weight is 801 g/mol. The largest absolute Gasteiger partial charge is 0.524 e. The first-order valence-corrected chi connectivity index (χ1v) is 18.6. The summed E-state index contributed by atoms with van der Waals surface area (Å²) in [6.45, 7) is 4.64. The number of aromatic nitrogens is 5. The number of phosphoric ester groups is 1. The van der Waals surface area contributed by atoms with Gasteiger partial charge in [-0.25, -0.2) is 37.4 Å². The lowest BCUT2D eigenvalue weighted by molar-refractivity contribution is -0.138. The number of phosphoric acid groups is 1. The van der Waals surface area contributed by atoms with Gasteiger partial charge in [0.2, 0.25) is 5.95 Å². The molecule has 1 aliphatic rings. The van der Waals surface area contributed by atoms with E-state index >= 15 is 4.39 Å². The molecule has 0 unspecified atom stereocenters. The van der Waals surface area contributed by atoms with Crippen molar-refractivity contribution < 1.29 is 55.5 Å². The van der Waals surface area contributed by atoms with E-state index in [0.717, 1.165) is 51.6 Å². The number of alkyl halides is 3. The van der Waals surface area contributed by atoms with Gasteiger partial charge in [-0.05, 0) is 48.2 Å². The van der Waals surface area contributed by atoms with Gasteiger partial charge in [0.05, 0.1) is 29.7 Å². The lowest BCUT2D eigenvalue weighted by atomic mass is 9.97. The number of para-hydroxylation sites is 2. The molecule has 0 fully saturated rings. The van der Waals surface area contributed by atoms with Crippen molar-refractivity contribution >= 4 is 30.8 Å². The van der Waals surface area contributed by atoms with Crippen molar-refractivity contribution in [2.45, 2.75) is 45.8 Å². The molecule has 1 aliphatic heterocycles. The maximum atomic E-state index is 15.7. The molecule has 7 rings (SSSR count). The van der Waals surface area contributed by atoms with Crippen molar-refractivity contribution in [3.8, 4) is 28.4 Å². The van der Waals surface area contributed by atoms with Crippen molar-refractivity contribution in [3.05, 3.63) is 113 Å². The third-order valence-electron chi connectivity index (χ3n) is 9.06. The van der Waals surface area contributed by atoms with Gasteiger partial charge in [0, 0.05) is 54.6 Å². The summed E-state index contributed by atoms with van der Waals surface area (Å²) >= 11 is 0. The lowest BCUT2D eigenvalue weighted by Gasteiger charge is -2.27. The Kier molecular flexibility index (Phi) is 11.2. The van der Waals surface area contributed by atoms with E-state index in [1.807, 2.05) is 32.0 Å². The topological polar surface area (TPSA) is 165 Å². The molecule has 3 aromatic heterocycles. The third-order valence-corrected chi connectivity index (χ3v) is 9.49. The number of benzene rings is 3. The molecular formula is C37H34F5N6O7P. The van der Waals surface area contributed by atoms with Crippen LogP contribution >= 0.6 is 7.82 Å². The third kappa shape index (κ3) is 7.94. The van der Waals surface area contributed by atoms with E-state index in [1.165, 1.54) is 31.5 Å². The molecular weight excluding hydrogens is 766 g/mol. The van der Waals surface area contributed by atoms with E-state index in [0.29, 0.717) is 48.0 Å². The van der Waals surface area contributed by atoms with E-state index in [9.17, 15) is 32.0 Å². The van der Waals surface area contributed by atoms with Crippen LogP contribution in [0.25, 0.3) is 27.8 Å². The van der Waals surface area contributed by atoms with Gasteiger partial charge in [0.25, 0.3) is 0 Å². The summed E-state index contributed by atoms with van der Waals surface area (Å²) in [7, 11) is -3.38. The molecule has 13 nitrogen and oxygen atoms in total. The molecule has 56 heavy (non-hydrogen) atoms. The second kappa shape index (κ2) is 15.7. The smallest absolute Gasteiger partial charge is 0.492 e. The number of rotatable bonds is 8. The highest BCUT2D eigenvalue weighted by molar-refractivity contribution is 7.46. The number of carbonyl (C=O) groups is 1. The van der Waals surface area contributed by atoms with Crippen LogP contribution in [0.1, 0.15) is 41.8 Å². The van der Waals surface area contributed by atoms with Crippen LogP contribution in [-0.2, 0) is 36.5 Å². The second-order valence-corrected chi connectivity index (χ2v) is 13.6. The number of halogens is 5. The number of ether oxygens (including phenoxy) is 1. The van der Waals surface area contributed by atoms with Gasteiger partial charge >= 0.3 is 20.1 Å². The zero-order chi connectivity index (χ0) is 40.5. The molecule has 4 heterocycles. The van der Waals surface area contributed by atoms with Gasteiger partial charge in [-0.2, -0.15) is 18.3 Å². The van der Waals surface area contributed by atoms with Gasteiger partial charge in [-0.3, -0.25) is 9.79 Å². The molecule has 0 spiro atoms. The van der Waals surface area contributed by atoms with E-state index in [2.05, 4.69) is 14.5 Å². The Bertz CT molecular complexity index is 2440. The Morgan fingerprint density at radius 2 is 1.62 bits per heavy atom. The number of nitrogens with zero attached hydrogens (tertiary/aromatic N) is 6. The van der Waals surface area contributed by atoms with Crippen LogP contribution in [-0.4, -0.2) is 59.0 Å². The molecule has 0 aliphatic carbocycles. The number of fused-ring (bicyclic) bond motifs is 2. The minimum atomic E-state index is -4.65. The zero-order valence-corrected chi connectivity index (χ0v) is 30.9. The first-order valence-electron chi connectivity index (χ1n) is 17.0. The normalized spacial score (nSPS) is 12.9. The molecule has 0 saturated heterocycles. The van der Waals surface area contributed by atoms with Crippen LogP contribution in [0.15, 0.2) is 73.2 Å². The second-order valence-electron chi connectivity index (χ2n) is 12.4. The fourth-order valence-corrected chi connectivity index (χ4v) is 6.97. The molecule has 6 aromatic rings. The van der Waals surface area contributed by atoms with E-state index in [-0.39, 0.29) is 23.8 Å². The highest BCUT2D eigenvalue weighted by atomic mass is 31.2. The Labute approximate surface area is 315 Å². The highest BCUT2D eigenvalue weighted by Gasteiger charge is 2.34. The van der Waals surface area contributed by atoms with Crippen LogP contribution in [0.2, 0.25) is 0 Å². The van der Waals surface area contributed by atoms with Gasteiger partial charge in [0.15, 0.2) is 23.1 Å². The van der Waals surface area contributed by atoms with Gasteiger partial charge in [-0.15, -0.1) is 0 Å². The Morgan fingerprint density at radius 1 is 0.964 bits per heavy atom. The molecule has 0 bridgehead atoms. The summed E-state index contributed by atoms with van der Waals surface area (Å²) in [5.74, 6) is -2.10. The molecule has 0 atom stereocenters. The van der Waals surface area contributed by atoms with Crippen LogP contribution in [0, 0.1) is 11.6 Å². The maximum Gasteiger partial charge on any atom is 0.524 e. The molecule has 0 saturated carbocycles. The summed E-state index contributed by atoms with van der Waals surface area (Å²) in [6, 6.07) is 13.9. The van der Waals surface area contributed by atoms with Crippen LogP contribution in [0.3, 0.4) is 0 Å². The van der Waals surface area contributed by atoms with Crippen molar-refractivity contribution in [3.63, 3.8) is 0 Å². The Hall–Kier alpha value is -5.84. The minimum absolute atomic E-state index is 0.0507. The quantitative estimate of drug-likeness (QED) is 0.101. The molecule has 294 valence electrons. The van der Waals surface area contributed by atoms with Crippen LogP contribution in [0.4, 0.5) is 32.7 Å². The number of carboxylic acid groups (broad SMARTS) is 1. The number of anilines is 1. The van der Waals surface area contributed by atoms with Gasteiger partial charge < -0.3 is 19.3 Å². The SMILES string of the molecule is CCc1cccc(CC)c1-n1nc2c(c1-c1cc(F)c(OC)c3c1ccn3C(=O)O)CN(c1ncc(C(F)(F)F)cn1)CC2.O=P(O)(O)Oc1ccccc1F. The predicted molar refractivity (Wildman–Crippen MR) is 194 cm³/mol. The predicted octanol–water partition coefficient (Wildman–Crippen LogP) is 7.96. The van der Waals surface area contributed by atoms with Crippen LogP contribution < -0.4 is 14.2 Å². The molecule has 3 N–H and O–H groups in total. The first kappa shape index (κ1) is 39.8. The number of methoxy groups -OCH3 is 1. The van der Waals surface area contributed by atoms with Gasteiger partial charge in [0.1, 0.15) is 5.52 Å². The van der Waals surface area contributed by atoms with Crippen molar-refractivity contribution in [2.75, 3.05) is 18.6 Å². The fourth-order valence-electron chi connectivity index (χ4n) is 6.56.